The van der Waals surface area contributed by atoms with Gasteiger partial charge in [0.1, 0.15) is 0 Å². The van der Waals surface area contributed by atoms with E-state index >= 15 is 0 Å². The van der Waals surface area contributed by atoms with Gasteiger partial charge in [-0.1, -0.05) is 13.8 Å². The van der Waals surface area contributed by atoms with Crippen molar-refractivity contribution in [2.24, 2.45) is 0 Å². The Morgan fingerprint density at radius 2 is 2.00 bits per heavy atom. The van der Waals surface area contributed by atoms with Crippen molar-refractivity contribution in [3.8, 4) is 0 Å². The Balaban J connectivity index is 3.07. The molecule has 1 N–H and O–H groups in total. The van der Waals surface area contributed by atoms with Gasteiger partial charge in [-0.05, 0) is 26.3 Å². The summed E-state index contributed by atoms with van der Waals surface area (Å²) in [6, 6.07) is 0.631. The van der Waals surface area contributed by atoms with Crippen molar-refractivity contribution in [1.29, 1.82) is 0 Å². The maximum atomic E-state index is 5.38. The molecular weight excluding hydrogens is 138 g/mol. The van der Waals surface area contributed by atoms with Crippen molar-refractivity contribution in [1.82, 2.24) is 5.32 Å². The van der Waals surface area contributed by atoms with Crippen LogP contribution in [0, 0.1) is 0 Å². The van der Waals surface area contributed by atoms with Gasteiger partial charge in [0.05, 0.1) is 0 Å². The summed E-state index contributed by atoms with van der Waals surface area (Å²) in [5.74, 6) is 0. The first kappa shape index (κ1) is 10.9. The minimum atomic E-state index is 0.631. The smallest absolute Gasteiger partial charge is 0.0480 e. The zero-order chi connectivity index (χ0) is 8.53. The summed E-state index contributed by atoms with van der Waals surface area (Å²) >= 11 is 0. The minimum Gasteiger partial charge on any atom is -0.381 e. The quantitative estimate of drug-likeness (QED) is 0.572. The number of hydrogen-bond acceptors (Lipinski definition) is 2. The maximum Gasteiger partial charge on any atom is 0.0480 e. The van der Waals surface area contributed by atoms with E-state index in [0.29, 0.717) is 6.04 Å². The fourth-order valence-corrected chi connectivity index (χ4v) is 1.02. The SMILES string of the molecule is CCCOCCC(CC)NC. The summed E-state index contributed by atoms with van der Waals surface area (Å²) in [7, 11) is 2.01. The Hall–Kier alpha value is -0.0800. The highest BCUT2D eigenvalue weighted by Gasteiger charge is 2.00. The molecule has 0 bridgehead atoms. The molecule has 0 aliphatic rings. The molecule has 0 aliphatic carbocycles. The molecule has 11 heavy (non-hydrogen) atoms. The first-order valence-corrected chi connectivity index (χ1v) is 4.60. The van der Waals surface area contributed by atoms with Gasteiger partial charge in [0.25, 0.3) is 0 Å². The van der Waals surface area contributed by atoms with Gasteiger partial charge < -0.3 is 10.1 Å². The fraction of sp³-hybridized carbons (Fsp3) is 1.00. The van der Waals surface area contributed by atoms with E-state index in [2.05, 4.69) is 19.2 Å². The Bertz CT molecular complexity index is 72.0. The second-order valence-electron chi connectivity index (χ2n) is 2.79. The van der Waals surface area contributed by atoms with Gasteiger partial charge >= 0.3 is 0 Å². The monoisotopic (exact) mass is 159 g/mol. The number of nitrogens with one attached hydrogen (secondary N) is 1. The van der Waals surface area contributed by atoms with Crippen LogP contribution >= 0.6 is 0 Å². The van der Waals surface area contributed by atoms with E-state index in [9.17, 15) is 0 Å². The van der Waals surface area contributed by atoms with E-state index in [0.717, 1.165) is 26.1 Å². The number of ether oxygens (including phenoxy) is 1. The van der Waals surface area contributed by atoms with E-state index in [1.165, 1.54) is 6.42 Å². The lowest BCUT2D eigenvalue weighted by molar-refractivity contribution is 0.125. The highest BCUT2D eigenvalue weighted by molar-refractivity contribution is 4.60. The predicted molar refractivity (Wildman–Crippen MR) is 48.9 cm³/mol. The normalized spacial score (nSPS) is 13.4. The van der Waals surface area contributed by atoms with Crippen molar-refractivity contribution in [2.45, 2.75) is 39.2 Å². The first-order valence-electron chi connectivity index (χ1n) is 4.60. The standard InChI is InChI=1S/C9H21NO/c1-4-7-11-8-6-9(5-2)10-3/h9-10H,4-8H2,1-3H3. The number of hydrogen-bond donors (Lipinski definition) is 1. The van der Waals surface area contributed by atoms with Crippen LogP contribution in [0.5, 0.6) is 0 Å². The summed E-state index contributed by atoms with van der Waals surface area (Å²) in [6.07, 6.45) is 3.44. The molecule has 0 radical (unpaired) electrons. The van der Waals surface area contributed by atoms with Gasteiger partial charge in [-0.25, -0.2) is 0 Å². The Labute approximate surface area is 70.3 Å². The molecule has 0 aromatic rings. The third-order valence-electron chi connectivity index (χ3n) is 1.86. The largest absolute Gasteiger partial charge is 0.381 e. The average Bonchev–Trinajstić information content (AvgIpc) is 2.05. The third kappa shape index (κ3) is 6.32. The summed E-state index contributed by atoms with van der Waals surface area (Å²) in [5, 5.41) is 3.25. The molecule has 1 atom stereocenters. The molecule has 68 valence electrons. The van der Waals surface area contributed by atoms with Gasteiger partial charge in [-0.2, -0.15) is 0 Å². The van der Waals surface area contributed by atoms with E-state index in [-0.39, 0.29) is 0 Å². The predicted octanol–water partition coefficient (Wildman–Crippen LogP) is 1.80. The van der Waals surface area contributed by atoms with Gasteiger partial charge in [0.2, 0.25) is 0 Å². The highest BCUT2D eigenvalue weighted by Crippen LogP contribution is 1.96. The lowest BCUT2D eigenvalue weighted by Gasteiger charge is -2.12. The summed E-state index contributed by atoms with van der Waals surface area (Å²) in [4.78, 5) is 0. The Kier molecular flexibility index (Phi) is 7.96. The van der Waals surface area contributed by atoms with Crippen LogP contribution in [0.1, 0.15) is 33.1 Å². The van der Waals surface area contributed by atoms with Gasteiger partial charge in [0, 0.05) is 19.3 Å². The number of rotatable bonds is 7. The Morgan fingerprint density at radius 3 is 2.45 bits per heavy atom. The fourth-order valence-electron chi connectivity index (χ4n) is 1.02. The molecule has 0 amide bonds. The van der Waals surface area contributed by atoms with E-state index in [1.54, 1.807) is 0 Å². The first-order chi connectivity index (χ1) is 5.35. The average molecular weight is 159 g/mol. The van der Waals surface area contributed by atoms with Crippen LogP contribution in [0.3, 0.4) is 0 Å². The van der Waals surface area contributed by atoms with Gasteiger partial charge in [0.15, 0.2) is 0 Å². The summed E-state index contributed by atoms with van der Waals surface area (Å²) in [6.45, 7) is 6.13. The molecule has 0 spiro atoms. The zero-order valence-corrected chi connectivity index (χ0v) is 8.02. The van der Waals surface area contributed by atoms with Crippen molar-refractivity contribution in [2.75, 3.05) is 20.3 Å². The molecule has 0 aromatic heterocycles. The van der Waals surface area contributed by atoms with Crippen molar-refractivity contribution < 1.29 is 4.74 Å². The maximum absolute atomic E-state index is 5.38. The molecule has 0 saturated carbocycles. The van der Waals surface area contributed by atoms with Gasteiger partial charge in [-0.3, -0.25) is 0 Å². The second kappa shape index (κ2) is 8.02. The van der Waals surface area contributed by atoms with Crippen LogP contribution in [0.25, 0.3) is 0 Å². The van der Waals surface area contributed by atoms with E-state index in [4.69, 9.17) is 4.74 Å². The van der Waals surface area contributed by atoms with Crippen molar-refractivity contribution >= 4 is 0 Å². The zero-order valence-electron chi connectivity index (χ0n) is 8.02. The van der Waals surface area contributed by atoms with Crippen LogP contribution in [0.2, 0.25) is 0 Å². The third-order valence-corrected chi connectivity index (χ3v) is 1.86. The molecule has 1 unspecified atom stereocenters. The topological polar surface area (TPSA) is 21.3 Å². The van der Waals surface area contributed by atoms with Crippen LogP contribution in [0.15, 0.2) is 0 Å². The molecule has 2 nitrogen and oxygen atoms in total. The van der Waals surface area contributed by atoms with E-state index in [1.807, 2.05) is 7.05 Å². The molecule has 2 heteroatoms. The summed E-state index contributed by atoms with van der Waals surface area (Å²) < 4.78 is 5.38. The van der Waals surface area contributed by atoms with E-state index < -0.39 is 0 Å². The van der Waals surface area contributed by atoms with Crippen LogP contribution in [0.4, 0.5) is 0 Å². The molecule has 0 saturated heterocycles. The van der Waals surface area contributed by atoms with Gasteiger partial charge in [-0.15, -0.1) is 0 Å². The second-order valence-corrected chi connectivity index (χ2v) is 2.79. The molecule has 0 rings (SSSR count). The molecule has 0 aromatic carbocycles. The lowest BCUT2D eigenvalue weighted by atomic mass is 10.2. The highest BCUT2D eigenvalue weighted by atomic mass is 16.5. The van der Waals surface area contributed by atoms with Crippen LogP contribution in [-0.2, 0) is 4.74 Å². The lowest BCUT2D eigenvalue weighted by Crippen LogP contribution is -2.25. The molecule has 0 heterocycles. The van der Waals surface area contributed by atoms with Crippen molar-refractivity contribution in [3.63, 3.8) is 0 Å². The molecule has 0 aliphatic heterocycles. The Morgan fingerprint density at radius 1 is 1.27 bits per heavy atom. The summed E-state index contributed by atoms with van der Waals surface area (Å²) in [5.41, 5.74) is 0. The minimum absolute atomic E-state index is 0.631. The van der Waals surface area contributed by atoms with Crippen LogP contribution < -0.4 is 5.32 Å². The van der Waals surface area contributed by atoms with Crippen molar-refractivity contribution in [3.05, 3.63) is 0 Å². The molecule has 0 fully saturated rings. The molecular formula is C9H21NO. The van der Waals surface area contributed by atoms with Crippen LogP contribution in [-0.4, -0.2) is 26.3 Å².